The molecular formula is C12H18N6O3. The second-order valence-corrected chi connectivity index (χ2v) is 5.23. The Morgan fingerprint density at radius 1 is 1.38 bits per heavy atom. The first-order chi connectivity index (χ1) is 10.0. The first kappa shape index (κ1) is 14.1. The molecule has 2 aromatic heterocycles. The third-order valence-electron chi connectivity index (χ3n) is 3.65. The van der Waals surface area contributed by atoms with Crippen molar-refractivity contribution in [2.45, 2.75) is 24.5 Å². The normalized spacial score (nSPS) is 29.2. The number of aliphatic hydroxyl groups excluding tert-OH is 2. The number of nitrogens with zero attached hydrogens (tertiary/aromatic N) is 5. The van der Waals surface area contributed by atoms with Crippen molar-refractivity contribution in [3.63, 3.8) is 0 Å². The van der Waals surface area contributed by atoms with Gasteiger partial charge >= 0.3 is 0 Å². The number of hydrogen-bond acceptors (Lipinski definition) is 8. The maximum Gasteiger partial charge on any atom is 0.167 e. The summed E-state index contributed by atoms with van der Waals surface area (Å²) in [7, 11) is 3.72. The Balaban J connectivity index is 2.04. The fourth-order valence-corrected chi connectivity index (χ4v) is 2.51. The summed E-state index contributed by atoms with van der Waals surface area (Å²) >= 11 is 0. The molecule has 0 unspecified atom stereocenters. The highest BCUT2D eigenvalue weighted by Crippen LogP contribution is 2.31. The highest BCUT2D eigenvalue weighted by molar-refractivity contribution is 5.83. The molecule has 4 atom stereocenters. The maximum atomic E-state index is 10.2. The molecule has 0 bridgehead atoms. The van der Waals surface area contributed by atoms with Crippen molar-refractivity contribution in [1.29, 1.82) is 0 Å². The number of aliphatic hydroxyl groups is 2. The van der Waals surface area contributed by atoms with Crippen molar-refractivity contribution in [3.05, 3.63) is 12.7 Å². The Bertz CT molecular complexity index is 645. The van der Waals surface area contributed by atoms with Crippen LogP contribution in [0.25, 0.3) is 11.2 Å². The van der Waals surface area contributed by atoms with E-state index in [0.717, 1.165) is 0 Å². The van der Waals surface area contributed by atoms with Gasteiger partial charge in [0.05, 0.1) is 19.0 Å². The lowest BCUT2D eigenvalue weighted by Crippen LogP contribution is -2.41. The molecule has 0 aliphatic carbocycles. The molecule has 0 saturated carbocycles. The lowest BCUT2D eigenvalue weighted by molar-refractivity contribution is -0.0488. The predicted molar refractivity (Wildman–Crippen MR) is 74.6 cm³/mol. The monoisotopic (exact) mass is 294 g/mol. The van der Waals surface area contributed by atoms with Crippen molar-refractivity contribution in [1.82, 2.24) is 19.5 Å². The van der Waals surface area contributed by atoms with E-state index in [-0.39, 0.29) is 6.61 Å². The Morgan fingerprint density at radius 3 is 2.76 bits per heavy atom. The topological polar surface area (TPSA) is 123 Å². The third kappa shape index (κ3) is 2.14. The minimum absolute atomic E-state index is 0.251. The van der Waals surface area contributed by atoms with Crippen molar-refractivity contribution < 1.29 is 14.9 Å². The average molecular weight is 294 g/mol. The number of aromatic nitrogens is 4. The second kappa shape index (κ2) is 5.19. The Labute approximate surface area is 121 Å². The van der Waals surface area contributed by atoms with Crippen LogP contribution in [0.1, 0.15) is 6.23 Å². The zero-order valence-corrected chi connectivity index (χ0v) is 11.8. The van der Waals surface area contributed by atoms with Gasteiger partial charge < -0.3 is 25.6 Å². The summed E-state index contributed by atoms with van der Waals surface area (Å²) in [6.07, 6.45) is 0.676. The largest absolute Gasteiger partial charge is 0.394 e. The molecule has 0 spiro atoms. The van der Waals surface area contributed by atoms with Crippen LogP contribution in [0.5, 0.6) is 0 Å². The standard InChI is InChI=1S/C12H18N6O3/c1-17(2)10-8-11(15-4-14-10)18(5-16-8)12-9(20)7(13)6(3-19)21-12/h4-7,9,12,19-20H,3,13H2,1-2H3/t6-,7-,9-,12+/m0/s1. The minimum atomic E-state index is -0.947. The molecule has 3 heterocycles. The third-order valence-corrected chi connectivity index (χ3v) is 3.65. The van der Waals surface area contributed by atoms with Gasteiger partial charge in [0.25, 0.3) is 0 Å². The Morgan fingerprint density at radius 2 is 2.14 bits per heavy atom. The lowest BCUT2D eigenvalue weighted by Gasteiger charge is -2.17. The number of nitrogens with two attached hydrogens (primary N) is 1. The van der Waals surface area contributed by atoms with Gasteiger partial charge in [0.2, 0.25) is 0 Å². The molecule has 1 aliphatic heterocycles. The summed E-state index contributed by atoms with van der Waals surface area (Å²) in [5, 5.41) is 19.4. The van der Waals surface area contributed by atoms with Gasteiger partial charge in [-0.1, -0.05) is 0 Å². The molecule has 0 amide bonds. The second-order valence-electron chi connectivity index (χ2n) is 5.23. The molecule has 0 aromatic carbocycles. The fraction of sp³-hybridized carbons (Fsp3) is 0.583. The molecule has 1 saturated heterocycles. The van der Waals surface area contributed by atoms with Crippen LogP contribution in [0.3, 0.4) is 0 Å². The first-order valence-corrected chi connectivity index (χ1v) is 6.59. The Kier molecular flexibility index (Phi) is 3.49. The summed E-state index contributed by atoms with van der Waals surface area (Å²) in [6, 6.07) is -0.660. The molecule has 2 aromatic rings. The Hall–Kier alpha value is -1.81. The summed E-state index contributed by atoms with van der Waals surface area (Å²) in [4.78, 5) is 14.5. The molecular weight excluding hydrogens is 276 g/mol. The van der Waals surface area contributed by atoms with Crippen molar-refractivity contribution in [3.8, 4) is 0 Å². The van der Waals surface area contributed by atoms with E-state index in [4.69, 9.17) is 10.5 Å². The summed E-state index contributed by atoms with van der Waals surface area (Å²) in [5.74, 6) is 0.675. The molecule has 1 fully saturated rings. The molecule has 9 heteroatoms. The van der Waals surface area contributed by atoms with Crippen LogP contribution in [0.15, 0.2) is 12.7 Å². The highest BCUT2D eigenvalue weighted by atomic mass is 16.5. The lowest BCUT2D eigenvalue weighted by atomic mass is 10.1. The van der Waals surface area contributed by atoms with E-state index >= 15 is 0 Å². The van der Waals surface area contributed by atoms with Gasteiger partial charge in [-0.25, -0.2) is 15.0 Å². The fourth-order valence-electron chi connectivity index (χ4n) is 2.51. The maximum absolute atomic E-state index is 10.2. The van der Waals surface area contributed by atoms with Crippen LogP contribution in [-0.4, -0.2) is 68.7 Å². The number of imidazole rings is 1. The van der Waals surface area contributed by atoms with Crippen LogP contribution in [0, 0.1) is 0 Å². The van der Waals surface area contributed by atoms with E-state index in [1.807, 2.05) is 19.0 Å². The quantitative estimate of drug-likeness (QED) is 0.623. The predicted octanol–water partition coefficient (Wildman–Crippen LogP) is -1.53. The molecule has 9 nitrogen and oxygen atoms in total. The van der Waals surface area contributed by atoms with Crippen LogP contribution in [-0.2, 0) is 4.74 Å². The SMILES string of the molecule is CN(C)c1ncnc2c1ncn2[C@@H]1O[C@@H](CO)[C@H](N)[C@@H]1O. The number of ether oxygens (including phenoxy) is 1. The van der Waals surface area contributed by atoms with Crippen LogP contribution in [0.4, 0.5) is 5.82 Å². The van der Waals surface area contributed by atoms with Gasteiger partial charge in [-0.3, -0.25) is 4.57 Å². The van der Waals surface area contributed by atoms with Gasteiger partial charge in [-0.2, -0.15) is 0 Å². The van der Waals surface area contributed by atoms with Gasteiger partial charge in [-0.05, 0) is 0 Å². The molecule has 0 radical (unpaired) electrons. The number of hydrogen-bond donors (Lipinski definition) is 3. The van der Waals surface area contributed by atoms with E-state index in [1.54, 1.807) is 4.57 Å². The van der Waals surface area contributed by atoms with Gasteiger partial charge in [-0.15, -0.1) is 0 Å². The number of rotatable bonds is 3. The van der Waals surface area contributed by atoms with Crippen LogP contribution in [0.2, 0.25) is 0 Å². The van der Waals surface area contributed by atoms with E-state index in [9.17, 15) is 10.2 Å². The van der Waals surface area contributed by atoms with Gasteiger partial charge in [0, 0.05) is 14.1 Å². The first-order valence-electron chi connectivity index (χ1n) is 6.59. The molecule has 4 N–H and O–H groups in total. The van der Waals surface area contributed by atoms with Crippen molar-refractivity contribution >= 4 is 17.0 Å². The number of fused-ring (bicyclic) bond motifs is 1. The number of anilines is 1. The summed E-state index contributed by atoms with van der Waals surface area (Å²) in [6.45, 7) is -0.251. The highest BCUT2D eigenvalue weighted by Gasteiger charge is 2.42. The summed E-state index contributed by atoms with van der Waals surface area (Å²) < 4.78 is 7.23. The van der Waals surface area contributed by atoms with Gasteiger partial charge in [0.15, 0.2) is 23.2 Å². The van der Waals surface area contributed by atoms with E-state index in [0.29, 0.717) is 17.0 Å². The van der Waals surface area contributed by atoms with Gasteiger partial charge in [0.1, 0.15) is 18.5 Å². The average Bonchev–Trinajstić information content (AvgIpc) is 3.01. The van der Waals surface area contributed by atoms with Crippen LogP contribution >= 0.6 is 0 Å². The van der Waals surface area contributed by atoms with Crippen molar-refractivity contribution in [2.75, 3.05) is 25.6 Å². The van der Waals surface area contributed by atoms with E-state index in [2.05, 4.69) is 15.0 Å². The minimum Gasteiger partial charge on any atom is -0.394 e. The molecule has 114 valence electrons. The zero-order valence-electron chi connectivity index (χ0n) is 11.8. The smallest absolute Gasteiger partial charge is 0.167 e. The molecule has 3 rings (SSSR count). The van der Waals surface area contributed by atoms with E-state index < -0.39 is 24.5 Å². The van der Waals surface area contributed by atoms with Crippen molar-refractivity contribution in [2.24, 2.45) is 5.73 Å². The summed E-state index contributed by atoms with van der Waals surface area (Å²) in [5.41, 5.74) is 7.00. The van der Waals surface area contributed by atoms with Crippen LogP contribution < -0.4 is 10.6 Å². The van der Waals surface area contributed by atoms with E-state index in [1.165, 1.54) is 12.7 Å². The molecule has 21 heavy (non-hydrogen) atoms. The zero-order chi connectivity index (χ0) is 15.1. The molecule has 1 aliphatic rings.